The monoisotopic (exact) mass is 283 g/mol. The van der Waals surface area contributed by atoms with E-state index in [0.717, 1.165) is 19.6 Å². The van der Waals surface area contributed by atoms with Crippen molar-refractivity contribution in [3.8, 4) is 6.07 Å². The summed E-state index contributed by atoms with van der Waals surface area (Å²) < 4.78 is 3.32. The van der Waals surface area contributed by atoms with Gasteiger partial charge in [0.1, 0.15) is 6.07 Å². The van der Waals surface area contributed by atoms with Gasteiger partial charge in [-0.15, -0.1) is 23.1 Å². The second-order valence-corrected chi connectivity index (χ2v) is 5.76. The molecule has 0 spiro atoms. The predicted molar refractivity (Wildman–Crippen MR) is 66.0 cm³/mol. The average molecular weight is 284 g/mol. The standard InChI is InChI=1S/C10H6BrNS2/c1-13-10-8(5-12)7-3-2-6(11)4-9(7)14-10/h2-4H,1H3. The van der Waals surface area contributed by atoms with Gasteiger partial charge in [0, 0.05) is 14.6 Å². The molecule has 2 aromatic rings. The van der Waals surface area contributed by atoms with Gasteiger partial charge in [-0.3, -0.25) is 0 Å². The van der Waals surface area contributed by atoms with Crippen molar-refractivity contribution in [2.75, 3.05) is 6.26 Å². The number of benzene rings is 1. The third kappa shape index (κ3) is 1.56. The zero-order chi connectivity index (χ0) is 10.1. The van der Waals surface area contributed by atoms with Crippen LogP contribution in [0.15, 0.2) is 26.9 Å². The fraction of sp³-hybridized carbons (Fsp3) is 0.100. The topological polar surface area (TPSA) is 23.8 Å². The highest BCUT2D eigenvalue weighted by Gasteiger charge is 2.10. The molecule has 0 N–H and O–H groups in total. The van der Waals surface area contributed by atoms with Gasteiger partial charge in [-0.2, -0.15) is 5.26 Å². The maximum absolute atomic E-state index is 9.04. The van der Waals surface area contributed by atoms with E-state index in [1.165, 1.54) is 4.70 Å². The first kappa shape index (κ1) is 10.0. The highest BCUT2D eigenvalue weighted by Crippen LogP contribution is 2.37. The van der Waals surface area contributed by atoms with Crippen LogP contribution in [0.4, 0.5) is 0 Å². The molecule has 14 heavy (non-hydrogen) atoms. The summed E-state index contributed by atoms with van der Waals surface area (Å²) >= 11 is 6.73. The highest BCUT2D eigenvalue weighted by molar-refractivity contribution is 9.10. The Kier molecular flexibility index (Phi) is 2.82. The summed E-state index contributed by atoms with van der Waals surface area (Å²) in [6, 6.07) is 8.29. The molecule has 0 saturated heterocycles. The lowest BCUT2D eigenvalue weighted by Gasteiger charge is -1.90. The van der Waals surface area contributed by atoms with Gasteiger partial charge in [-0.1, -0.05) is 22.0 Å². The van der Waals surface area contributed by atoms with Crippen molar-refractivity contribution in [2.45, 2.75) is 4.21 Å². The van der Waals surface area contributed by atoms with Crippen molar-refractivity contribution in [3.63, 3.8) is 0 Å². The molecule has 1 heterocycles. The second kappa shape index (κ2) is 3.93. The van der Waals surface area contributed by atoms with Crippen LogP contribution < -0.4 is 0 Å². The number of halogens is 1. The van der Waals surface area contributed by atoms with E-state index in [1.807, 2.05) is 18.4 Å². The third-order valence-electron chi connectivity index (χ3n) is 1.92. The number of nitrogens with zero attached hydrogens (tertiary/aromatic N) is 1. The summed E-state index contributed by atoms with van der Waals surface area (Å²) in [5, 5.41) is 10.1. The van der Waals surface area contributed by atoms with E-state index in [1.54, 1.807) is 23.1 Å². The molecule has 0 aliphatic heterocycles. The molecule has 0 aliphatic rings. The fourth-order valence-electron chi connectivity index (χ4n) is 1.30. The van der Waals surface area contributed by atoms with E-state index in [4.69, 9.17) is 5.26 Å². The second-order valence-electron chi connectivity index (χ2n) is 2.72. The Morgan fingerprint density at radius 3 is 2.93 bits per heavy atom. The number of rotatable bonds is 1. The Morgan fingerprint density at radius 1 is 1.50 bits per heavy atom. The summed E-state index contributed by atoms with van der Waals surface area (Å²) in [5.41, 5.74) is 0.810. The third-order valence-corrected chi connectivity index (χ3v) is 4.68. The van der Waals surface area contributed by atoms with Gasteiger partial charge in [-0.25, -0.2) is 0 Å². The van der Waals surface area contributed by atoms with Crippen molar-refractivity contribution < 1.29 is 0 Å². The number of hydrogen-bond acceptors (Lipinski definition) is 3. The molecule has 0 aliphatic carbocycles. The van der Waals surface area contributed by atoms with Crippen LogP contribution >= 0.6 is 39.0 Å². The molecule has 1 aromatic heterocycles. The van der Waals surface area contributed by atoms with Crippen molar-refractivity contribution in [3.05, 3.63) is 28.2 Å². The van der Waals surface area contributed by atoms with Crippen LogP contribution in [0.2, 0.25) is 0 Å². The van der Waals surface area contributed by atoms with Crippen molar-refractivity contribution in [2.24, 2.45) is 0 Å². The lowest BCUT2D eigenvalue weighted by Crippen LogP contribution is -1.72. The van der Waals surface area contributed by atoms with Crippen molar-refractivity contribution in [1.29, 1.82) is 5.26 Å². The number of thioether (sulfide) groups is 1. The van der Waals surface area contributed by atoms with Gasteiger partial charge in [-0.05, 0) is 18.4 Å². The molecule has 4 heteroatoms. The molecule has 2 rings (SSSR count). The molecule has 0 atom stereocenters. The molecular formula is C10H6BrNS2. The molecule has 0 saturated carbocycles. The van der Waals surface area contributed by atoms with Gasteiger partial charge in [0.05, 0.1) is 9.77 Å². The Bertz CT molecular complexity index is 525. The van der Waals surface area contributed by atoms with E-state index in [-0.39, 0.29) is 0 Å². The van der Waals surface area contributed by atoms with Crippen LogP contribution in [0.1, 0.15) is 5.56 Å². The van der Waals surface area contributed by atoms with Crippen molar-refractivity contribution in [1.82, 2.24) is 0 Å². The molecular weight excluding hydrogens is 278 g/mol. The van der Waals surface area contributed by atoms with E-state index in [2.05, 4.69) is 28.1 Å². The largest absolute Gasteiger partial charge is 0.192 e. The van der Waals surface area contributed by atoms with Crippen LogP contribution in [-0.2, 0) is 0 Å². The van der Waals surface area contributed by atoms with E-state index in [0.29, 0.717) is 0 Å². The quantitative estimate of drug-likeness (QED) is 0.731. The summed E-state index contributed by atoms with van der Waals surface area (Å²) in [6.07, 6.45) is 2.00. The Balaban J connectivity index is 2.81. The molecule has 0 radical (unpaired) electrons. The van der Waals surface area contributed by atoms with Crippen molar-refractivity contribution >= 4 is 49.1 Å². The number of fused-ring (bicyclic) bond motifs is 1. The Labute approximate surface area is 98.9 Å². The molecule has 0 amide bonds. The number of thiophene rings is 1. The molecule has 70 valence electrons. The normalized spacial score (nSPS) is 10.4. The van der Waals surface area contributed by atoms with Gasteiger partial charge >= 0.3 is 0 Å². The van der Waals surface area contributed by atoms with Crippen LogP contribution in [0.3, 0.4) is 0 Å². The first-order chi connectivity index (χ1) is 6.76. The van der Waals surface area contributed by atoms with E-state index in [9.17, 15) is 0 Å². The summed E-state index contributed by atoms with van der Waals surface area (Å²) in [4.78, 5) is 0. The summed E-state index contributed by atoms with van der Waals surface area (Å²) in [7, 11) is 0. The Hall–Kier alpha value is -0.500. The minimum atomic E-state index is 0.810. The Morgan fingerprint density at radius 2 is 2.29 bits per heavy atom. The smallest absolute Gasteiger partial charge is 0.102 e. The number of hydrogen-bond donors (Lipinski definition) is 0. The molecule has 0 fully saturated rings. The zero-order valence-corrected chi connectivity index (χ0v) is 10.6. The highest BCUT2D eigenvalue weighted by atomic mass is 79.9. The minimum Gasteiger partial charge on any atom is -0.192 e. The van der Waals surface area contributed by atoms with E-state index >= 15 is 0 Å². The SMILES string of the molecule is CSc1sc2cc(Br)ccc2c1C#N. The van der Waals surface area contributed by atoms with Crippen LogP contribution in [0.25, 0.3) is 10.1 Å². The van der Waals surface area contributed by atoms with Crippen LogP contribution in [0, 0.1) is 11.3 Å². The molecule has 1 aromatic carbocycles. The van der Waals surface area contributed by atoms with Gasteiger partial charge in [0.2, 0.25) is 0 Å². The first-order valence-electron chi connectivity index (χ1n) is 3.92. The van der Waals surface area contributed by atoms with E-state index < -0.39 is 0 Å². The van der Waals surface area contributed by atoms with Crippen LogP contribution in [0.5, 0.6) is 0 Å². The molecule has 1 nitrogen and oxygen atoms in total. The van der Waals surface area contributed by atoms with Crippen LogP contribution in [-0.4, -0.2) is 6.26 Å². The predicted octanol–water partition coefficient (Wildman–Crippen LogP) is 4.26. The minimum absolute atomic E-state index is 0.810. The average Bonchev–Trinajstić information content (AvgIpc) is 2.54. The lowest BCUT2D eigenvalue weighted by atomic mass is 10.2. The first-order valence-corrected chi connectivity index (χ1v) is 6.76. The molecule has 0 bridgehead atoms. The summed E-state index contributed by atoms with van der Waals surface area (Å²) in [5.74, 6) is 0. The maximum atomic E-state index is 9.04. The zero-order valence-electron chi connectivity index (χ0n) is 7.37. The summed E-state index contributed by atoms with van der Waals surface area (Å²) in [6.45, 7) is 0. The fourth-order valence-corrected chi connectivity index (χ4v) is 3.70. The molecule has 0 unspecified atom stereocenters. The van der Waals surface area contributed by atoms with Gasteiger partial charge in [0.15, 0.2) is 0 Å². The maximum Gasteiger partial charge on any atom is 0.102 e. The van der Waals surface area contributed by atoms with Gasteiger partial charge in [0.25, 0.3) is 0 Å². The number of nitriles is 1. The lowest BCUT2D eigenvalue weighted by molar-refractivity contribution is 1.48. The van der Waals surface area contributed by atoms with Gasteiger partial charge < -0.3 is 0 Å².